The van der Waals surface area contributed by atoms with Crippen molar-refractivity contribution in [3.8, 4) is 0 Å². The fourth-order valence-corrected chi connectivity index (χ4v) is 2.58. The first kappa shape index (κ1) is 19.0. The lowest BCUT2D eigenvalue weighted by molar-refractivity contribution is 0.0393. The van der Waals surface area contributed by atoms with Gasteiger partial charge in [0.05, 0.1) is 39.5 Å². The molecule has 0 atom stereocenters. The zero-order valence-corrected chi connectivity index (χ0v) is 14.0. The van der Waals surface area contributed by atoms with Crippen LogP contribution in [0.15, 0.2) is 9.98 Å². The minimum absolute atomic E-state index is 0.132. The maximum absolute atomic E-state index is 9.24. The van der Waals surface area contributed by atoms with Gasteiger partial charge in [0.25, 0.3) is 0 Å². The lowest BCUT2D eigenvalue weighted by atomic mass is 10.4. The van der Waals surface area contributed by atoms with Gasteiger partial charge in [-0.25, -0.2) is 11.0 Å². The number of hydrogen-bond donors (Lipinski definition) is 4. The van der Waals surface area contributed by atoms with E-state index in [1.165, 1.54) is 0 Å². The van der Waals surface area contributed by atoms with Gasteiger partial charge in [-0.1, -0.05) is 0 Å². The lowest BCUT2D eigenvalue weighted by Gasteiger charge is -2.26. The fraction of sp³-hybridized carbons (Fsp3) is 0.857. The number of aliphatic imine (C=N–C) groups is 2. The van der Waals surface area contributed by atoms with Crippen LogP contribution in [0.2, 0.25) is 0 Å². The van der Waals surface area contributed by atoms with Crippen molar-refractivity contribution in [1.82, 2.24) is 20.8 Å². The van der Waals surface area contributed by atoms with Crippen molar-refractivity contribution < 1.29 is 19.9 Å². The molecule has 138 valence electrons. The summed E-state index contributed by atoms with van der Waals surface area (Å²) in [6.07, 6.45) is 0. The van der Waals surface area contributed by atoms with Crippen molar-refractivity contribution >= 4 is 11.7 Å². The molecule has 24 heavy (non-hydrogen) atoms. The van der Waals surface area contributed by atoms with Crippen LogP contribution in [0, 0.1) is 0 Å². The summed E-state index contributed by atoms with van der Waals surface area (Å²) < 4.78 is 10.6. The molecule has 0 aliphatic carbocycles. The SMILES string of the molecule is ONC(=NCCN1CCOCC1)C(=NCCN1CCOCC1)NO. The molecule has 2 saturated heterocycles. The van der Waals surface area contributed by atoms with E-state index in [2.05, 4.69) is 19.8 Å². The van der Waals surface area contributed by atoms with E-state index in [0.29, 0.717) is 13.1 Å². The number of nitrogens with zero attached hydrogens (tertiary/aromatic N) is 4. The summed E-state index contributed by atoms with van der Waals surface area (Å²) in [6, 6.07) is 0. The Bertz CT molecular complexity index is 370. The second-order valence-corrected chi connectivity index (χ2v) is 5.59. The van der Waals surface area contributed by atoms with Crippen LogP contribution < -0.4 is 11.0 Å². The predicted molar refractivity (Wildman–Crippen MR) is 89.0 cm³/mol. The van der Waals surface area contributed by atoms with Gasteiger partial charge in [-0.15, -0.1) is 0 Å². The number of ether oxygens (including phenoxy) is 2. The lowest BCUT2D eigenvalue weighted by Crippen LogP contribution is -2.41. The van der Waals surface area contributed by atoms with Gasteiger partial charge < -0.3 is 9.47 Å². The summed E-state index contributed by atoms with van der Waals surface area (Å²) in [5.74, 6) is 0.264. The highest BCUT2D eigenvalue weighted by atomic mass is 16.5. The van der Waals surface area contributed by atoms with Crippen LogP contribution in [0.25, 0.3) is 0 Å². The van der Waals surface area contributed by atoms with E-state index in [-0.39, 0.29) is 11.7 Å². The minimum atomic E-state index is 0.132. The van der Waals surface area contributed by atoms with E-state index in [4.69, 9.17) is 9.47 Å². The third-order valence-corrected chi connectivity index (χ3v) is 4.02. The number of nitrogens with one attached hydrogen (secondary N) is 2. The molecule has 0 radical (unpaired) electrons. The smallest absolute Gasteiger partial charge is 0.190 e. The van der Waals surface area contributed by atoms with Crippen LogP contribution in [0.1, 0.15) is 0 Å². The molecule has 10 heteroatoms. The van der Waals surface area contributed by atoms with Gasteiger partial charge in [-0.05, 0) is 0 Å². The second-order valence-electron chi connectivity index (χ2n) is 5.59. The van der Waals surface area contributed by atoms with Crippen LogP contribution in [0.3, 0.4) is 0 Å². The normalized spacial score (nSPS) is 21.8. The molecule has 0 bridgehead atoms. The molecule has 0 unspecified atom stereocenters. The Labute approximate surface area is 142 Å². The molecular formula is C14H28N6O4. The average Bonchev–Trinajstić information content (AvgIpc) is 2.65. The summed E-state index contributed by atoms with van der Waals surface area (Å²) in [4.78, 5) is 13.0. The van der Waals surface area contributed by atoms with Crippen molar-refractivity contribution in [3.05, 3.63) is 0 Å². The molecular weight excluding hydrogens is 316 g/mol. The van der Waals surface area contributed by atoms with Gasteiger partial charge in [0, 0.05) is 39.3 Å². The van der Waals surface area contributed by atoms with E-state index in [0.717, 1.165) is 65.7 Å². The molecule has 2 heterocycles. The number of amidine groups is 2. The van der Waals surface area contributed by atoms with Gasteiger partial charge >= 0.3 is 0 Å². The summed E-state index contributed by atoms with van der Waals surface area (Å²) >= 11 is 0. The Morgan fingerprint density at radius 2 is 1.12 bits per heavy atom. The molecule has 0 saturated carbocycles. The molecule has 4 N–H and O–H groups in total. The molecule has 0 aromatic heterocycles. The van der Waals surface area contributed by atoms with Crippen LogP contribution in [-0.2, 0) is 9.47 Å². The summed E-state index contributed by atoms with van der Waals surface area (Å²) in [5.41, 5.74) is 4.00. The Morgan fingerprint density at radius 3 is 1.46 bits per heavy atom. The van der Waals surface area contributed by atoms with Crippen molar-refractivity contribution in [2.24, 2.45) is 9.98 Å². The van der Waals surface area contributed by atoms with Crippen LogP contribution in [0.5, 0.6) is 0 Å². The Kier molecular flexibility index (Phi) is 8.95. The molecule has 2 aliphatic rings. The van der Waals surface area contributed by atoms with Gasteiger partial charge in [-0.2, -0.15) is 0 Å². The van der Waals surface area contributed by atoms with Crippen molar-refractivity contribution in [1.29, 1.82) is 0 Å². The standard InChI is InChI=1S/C14H28N6O4/c21-17-13(15-1-3-19-5-9-23-10-6-19)14(18-22)16-2-4-20-7-11-24-12-8-20/h21-22H,1-12H2,(H,15,17)(H,16,18). The maximum atomic E-state index is 9.24. The largest absolute Gasteiger partial charge is 0.379 e. The van der Waals surface area contributed by atoms with Crippen LogP contribution in [0.4, 0.5) is 0 Å². The van der Waals surface area contributed by atoms with E-state index < -0.39 is 0 Å². The highest BCUT2D eigenvalue weighted by molar-refractivity contribution is 6.39. The van der Waals surface area contributed by atoms with E-state index in [1.54, 1.807) is 0 Å². The molecule has 0 amide bonds. The fourth-order valence-electron chi connectivity index (χ4n) is 2.58. The summed E-state index contributed by atoms with van der Waals surface area (Å²) in [5, 5.41) is 18.5. The first-order chi connectivity index (χ1) is 11.8. The van der Waals surface area contributed by atoms with Crippen LogP contribution in [-0.4, -0.2) is 111 Å². The van der Waals surface area contributed by atoms with E-state index in [9.17, 15) is 10.4 Å². The molecule has 0 aromatic rings. The highest BCUT2D eigenvalue weighted by Crippen LogP contribution is 1.97. The van der Waals surface area contributed by atoms with Gasteiger partial charge in [-0.3, -0.25) is 30.2 Å². The Balaban J connectivity index is 1.77. The van der Waals surface area contributed by atoms with Crippen molar-refractivity contribution in [2.45, 2.75) is 0 Å². The quantitative estimate of drug-likeness (QED) is 0.259. The van der Waals surface area contributed by atoms with E-state index >= 15 is 0 Å². The monoisotopic (exact) mass is 344 g/mol. The summed E-state index contributed by atoms with van der Waals surface area (Å²) in [6.45, 7) is 9.01. The number of morpholine rings is 2. The third-order valence-electron chi connectivity index (χ3n) is 4.02. The topological polar surface area (TPSA) is 114 Å². The third kappa shape index (κ3) is 6.67. The average molecular weight is 344 g/mol. The maximum Gasteiger partial charge on any atom is 0.190 e. The molecule has 2 fully saturated rings. The molecule has 2 aliphatic heterocycles. The molecule has 10 nitrogen and oxygen atoms in total. The van der Waals surface area contributed by atoms with Gasteiger partial charge in [0.2, 0.25) is 0 Å². The summed E-state index contributed by atoms with van der Waals surface area (Å²) in [7, 11) is 0. The molecule has 0 spiro atoms. The van der Waals surface area contributed by atoms with Crippen molar-refractivity contribution in [2.75, 3.05) is 78.8 Å². The van der Waals surface area contributed by atoms with Crippen molar-refractivity contribution in [3.63, 3.8) is 0 Å². The van der Waals surface area contributed by atoms with Crippen LogP contribution >= 0.6 is 0 Å². The second kappa shape index (κ2) is 11.3. The Morgan fingerprint density at radius 1 is 0.750 bits per heavy atom. The molecule has 2 rings (SSSR count). The first-order valence-corrected chi connectivity index (χ1v) is 8.33. The number of hydrogen-bond acceptors (Lipinski definition) is 8. The first-order valence-electron chi connectivity index (χ1n) is 8.33. The number of hydroxylamine groups is 2. The predicted octanol–water partition coefficient (Wildman–Crippen LogP) is -1.59. The highest BCUT2D eigenvalue weighted by Gasteiger charge is 2.12. The van der Waals surface area contributed by atoms with E-state index in [1.807, 2.05) is 11.0 Å². The minimum Gasteiger partial charge on any atom is -0.379 e. The number of rotatable bonds is 6. The zero-order chi connectivity index (χ0) is 17.0. The zero-order valence-electron chi connectivity index (χ0n) is 14.0. The Hall–Kier alpha value is -1.30. The molecule has 0 aromatic carbocycles. The van der Waals surface area contributed by atoms with Gasteiger partial charge in [0.15, 0.2) is 11.7 Å². The van der Waals surface area contributed by atoms with Gasteiger partial charge in [0.1, 0.15) is 0 Å².